The minimum atomic E-state index is -0.378. The Bertz CT molecular complexity index is 772. The molecule has 6 nitrogen and oxygen atoms in total. The van der Waals surface area contributed by atoms with Gasteiger partial charge in [0.05, 0.1) is 5.41 Å². The molecule has 1 saturated carbocycles. The van der Waals surface area contributed by atoms with E-state index in [2.05, 4.69) is 22.2 Å². The van der Waals surface area contributed by atoms with Gasteiger partial charge in [-0.3, -0.25) is 9.59 Å². The maximum atomic E-state index is 12.9. The van der Waals surface area contributed by atoms with Crippen LogP contribution in [0, 0.1) is 5.92 Å². The van der Waals surface area contributed by atoms with Crippen molar-refractivity contribution in [3.8, 4) is 0 Å². The first kappa shape index (κ1) is 22.6. The summed E-state index contributed by atoms with van der Waals surface area (Å²) in [5.74, 6) is 0.717. The number of hydrogen-bond donors (Lipinski definition) is 1. The molecule has 2 heterocycles. The zero-order chi connectivity index (χ0) is 21.8. The molecule has 1 aromatic carbocycles. The molecule has 1 aromatic rings. The summed E-state index contributed by atoms with van der Waals surface area (Å²) in [6, 6.07) is 7.65. The molecule has 3 fully saturated rings. The Hall–Kier alpha value is -1.63. The zero-order valence-electron chi connectivity index (χ0n) is 18.6. The number of nitrogens with one attached hydrogen (secondary N) is 1. The summed E-state index contributed by atoms with van der Waals surface area (Å²) < 4.78 is 0. The molecule has 31 heavy (non-hydrogen) atoms. The number of piperazine rings is 1. The Morgan fingerprint density at radius 1 is 1.10 bits per heavy atom. The highest BCUT2D eigenvalue weighted by Gasteiger charge is 2.51. The second-order valence-corrected chi connectivity index (χ2v) is 9.98. The number of likely N-dealkylation sites (N-methyl/N-ethyl adjacent to an activating group) is 1. The van der Waals surface area contributed by atoms with E-state index in [1.165, 1.54) is 0 Å². The summed E-state index contributed by atoms with van der Waals surface area (Å²) in [5.41, 5.74) is 0.677. The molecular formula is C24H35ClN4O2. The number of piperidine rings is 1. The molecule has 1 aliphatic carbocycles. The number of amides is 2. The molecule has 0 spiro atoms. The molecule has 0 unspecified atom stereocenters. The standard InChI is InChI=1S/C24H35ClN4O2/c1-27-13-15-28(16-14-27)12-8-22(30)29-11-2-3-19(18-29)17-26-23(31)24(9-10-24)20-4-6-21(25)7-5-20/h4-7,19H,2-3,8-18H2,1H3,(H,26,31)/t19-/m1/s1. The van der Waals surface area contributed by atoms with Gasteiger partial charge >= 0.3 is 0 Å². The van der Waals surface area contributed by atoms with Gasteiger partial charge in [-0.25, -0.2) is 0 Å². The van der Waals surface area contributed by atoms with E-state index in [0.29, 0.717) is 23.9 Å². The van der Waals surface area contributed by atoms with Crippen LogP contribution in [0.3, 0.4) is 0 Å². The number of benzene rings is 1. The SMILES string of the molecule is CN1CCN(CCC(=O)N2CCC[C@H](CNC(=O)C3(c4ccc(Cl)cc4)CC3)C2)CC1. The van der Waals surface area contributed by atoms with Crippen molar-refractivity contribution in [2.45, 2.75) is 37.5 Å². The van der Waals surface area contributed by atoms with E-state index in [0.717, 1.165) is 77.1 Å². The Labute approximate surface area is 190 Å². The number of rotatable bonds is 7. The third kappa shape index (κ3) is 5.60. The van der Waals surface area contributed by atoms with Gasteiger partial charge in [0.15, 0.2) is 0 Å². The van der Waals surface area contributed by atoms with Crippen molar-refractivity contribution in [1.82, 2.24) is 20.0 Å². The average Bonchev–Trinajstić information content (AvgIpc) is 3.60. The molecule has 1 atom stereocenters. The highest BCUT2D eigenvalue weighted by Crippen LogP contribution is 2.48. The van der Waals surface area contributed by atoms with E-state index in [1.807, 2.05) is 29.2 Å². The largest absolute Gasteiger partial charge is 0.355 e. The van der Waals surface area contributed by atoms with Crippen LogP contribution in [0.1, 0.15) is 37.7 Å². The molecule has 0 radical (unpaired) electrons. The maximum Gasteiger partial charge on any atom is 0.230 e. The lowest BCUT2D eigenvalue weighted by Crippen LogP contribution is -2.47. The summed E-state index contributed by atoms with van der Waals surface area (Å²) in [7, 11) is 2.15. The number of carbonyl (C=O) groups is 2. The second-order valence-electron chi connectivity index (χ2n) is 9.54. The summed E-state index contributed by atoms with van der Waals surface area (Å²) in [6.07, 6.45) is 4.46. The van der Waals surface area contributed by atoms with Crippen LogP contribution in [-0.2, 0) is 15.0 Å². The summed E-state index contributed by atoms with van der Waals surface area (Å²) >= 11 is 6.00. The number of halogens is 1. The fourth-order valence-electron chi connectivity index (χ4n) is 4.89. The second kappa shape index (κ2) is 9.88. The van der Waals surface area contributed by atoms with Crippen molar-refractivity contribution < 1.29 is 9.59 Å². The Balaban J connectivity index is 1.22. The molecule has 170 valence electrons. The van der Waals surface area contributed by atoms with Crippen LogP contribution >= 0.6 is 11.6 Å². The molecule has 2 amide bonds. The lowest BCUT2D eigenvalue weighted by Gasteiger charge is -2.35. The summed E-state index contributed by atoms with van der Waals surface area (Å²) in [6.45, 7) is 7.37. The van der Waals surface area contributed by atoms with Crippen molar-refractivity contribution in [1.29, 1.82) is 0 Å². The topological polar surface area (TPSA) is 55.9 Å². The number of carbonyl (C=O) groups excluding carboxylic acids is 2. The molecule has 0 bridgehead atoms. The zero-order valence-corrected chi connectivity index (χ0v) is 19.4. The van der Waals surface area contributed by atoms with Gasteiger partial charge in [-0.05, 0) is 56.3 Å². The smallest absolute Gasteiger partial charge is 0.230 e. The van der Waals surface area contributed by atoms with Crippen molar-refractivity contribution >= 4 is 23.4 Å². The fraction of sp³-hybridized carbons (Fsp3) is 0.667. The highest BCUT2D eigenvalue weighted by atomic mass is 35.5. The summed E-state index contributed by atoms with van der Waals surface area (Å²) in [4.78, 5) is 32.4. The molecule has 1 N–H and O–H groups in total. The van der Waals surface area contributed by atoms with E-state index < -0.39 is 0 Å². The first-order valence-electron chi connectivity index (χ1n) is 11.7. The van der Waals surface area contributed by atoms with Gasteiger partial charge in [-0.1, -0.05) is 23.7 Å². The quantitative estimate of drug-likeness (QED) is 0.698. The molecule has 4 rings (SSSR count). The Morgan fingerprint density at radius 2 is 1.81 bits per heavy atom. The van der Waals surface area contributed by atoms with E-state index in [9.17, 15) is 9.59 Å². The van der Waals surface area contributed by atoms with Crippen LogP contribution < -0.4 is 5.32 Å². The van der Waals surface area contributed by atoms with Crippen molar-refractivity contribution in [2.24, 2.45) is 5.92 Å². The monoisotopic (exact) mass is 446 g/mol. The summed E-state index contributed by atoms with van der Waals surface area (Å²) in [5, 5.41) is 3.89. The number of hydrogen-bond acceptors (Lipinski definition) is 4. The van der Waals surface area contributed by atoms with Crippen LogP contribution in [0.2, 0.25) is 5.02 Å². The van der Waals surface area contributed by atoms with E-state index in [-0.39, 0.29) is 17.2 Å². The van der Waals surface area contributed by atoms with Gasteiger partial charge in [0.2, 0.25) is 11.8 Å². The third-order valence-electron chi connectivity index (χ3n) is 7.24. The van der Waals surface area contributed by atoms with Gasteiger partial charge in [-0.15, -0.1) is 0 Å². The molecule has 2 saturated heterocycles. The van der Waals surface area contributed by atoms with Crippen LogP contribution in [0.4, 0.5) is 0 Å². The van der Waals surface area contributed by atoms with Crippen molar-refractivity contribution in [2.75, 3.05) is 59.4 Å². The lowest BCUT2D eigenvalue weighted by molar-refractivity contribution is -0.133. The lowest BCUT2D eigenvalue weighted by atomic mass is 9.93. The molecule has 2 aliphatic heterocycles. The van der Waals surface area contributed by atoms with E-state index >= 15 is 0 Å². The minimum Gasteiger partial charge on any atom is -0.355 e. The Kier molecular flexibility index (Phi) is 7.19. The third-order valence-corrected chi connectivity index (χ3v) is 7.49. The Morgan fingerprint density at radius 3 is 2.48 bits per heavy atom. The molecular weight excluding hydrogens is 412 g/mol. The van der Waals surface area contributed by atoms with Crippen LogP contribution in [0.15, 0.2) is 24.3 Å². The van der Waals surface area contributed by atoms with Crippen molar-refractivity contribution in [3.05, 3.63) is 34.9 Å². The normalized spacial score (nSPS) is 24.1. The van der Waals surface area contributed by atoms with Gasteiger partial charge in [0.25, 0.3) is 0 Å². The van der Waals surface area contributed by atoms with Gasteiger partial charge in [0, 0.05) is 63.8 Å². The first-order chi connectivity index (χ1) is 15.0. The van der Waals surface area contributed by atoms with Gasteiger partial charge in [-0.2, -0.15) is 0 Å². The van der Waals surface area contributed by atoms with E-state index in [4.69, 9.17) is 11.6 Å². The average molecular weight is 447 g/mol. The van der Waals surface area contributed by atoms with E-state index in [1.54, 1.807) is 0 Å². The van der Waals surface area contributed by atoms with Crippen LogP contribution in [-0.4, -0.2) is 85.9 Å². The minimum absolute atomic E-state index is 0.119. The van der Waals surface area contributed by atoms with Gasteiger partial charge in [0.1, 0.15) is 0 Å². The predicted octanol–water partition coefficient (Wildman–Crippen LogP) is 2.36. The number of nitrogens with zero attached hydrogens (tertiary/aromatic N) is 3. The number of likely N-dealkylation sites (tertiary alicyclic amines) is 1. The predicted molar refractivity (Wildman–Crippen MR) is 123 cm³/mol. The fourth-order valence-corrected chi connectivity index (χ4v) is 5.01. The highest BCUT2D eigenvalue weighted by molar-refractivity contribution is 6.30. The maximum absolute atomic E-state index is 12.9. The van der Waals surface area contributed by atoms with Crippen LogP contribution in [0.5, 0.6) is 0 Å². The van der Waals surface area contributed by atoms with Gasteiger partial charge < -0.3 is 20.0 Å². The van der Waals surface area contributed by atoms with Crippen molar-refractivity contribution in [3.63, 3.8) is 0 Å². The first-order valence-corrected chi connectivity index (χ1v) is 12.1. The molecule has 3 aliphatic rings. The molecule has 7 heteroatoms. The van der Waals surface area contributed by atoms with Crippen LogP contribution in [0.25, 0.3) is 0 Å². The molecule has 0 aromatic heterocycles.